The summed E-state index contributed by atoms with van der Waals surface area (Å²) in [4.78, 5) is 0. The van der Waals surface area contributed by atoms with Crippen LogP contribution in [0.3, 0.4) is 0 Å². The molecule has 3 heteroatoms. The second-order valence-corrected chi connectivity index (χ2v) is 9.09. The molecular weight excluding hydrogens is 406 g/mol. The second-order valence-electron chi connectivity index (χ2n) is 9.09. The molecule has 1 aromatic heterocycles. The van der Waals surface area contributed by atoms with Crippen LogP contribution in [0.1, 0.15) is 60.1 Å². The molecule has 1 heterocycles. The van der Waals surface area contributed by atoms with Crippen molar-refractivity contribution in [2.45, 2.75) is 51.0 Å². The van der Waals surface area contributed by atoms with Gasteiger partial charge in [-0.2, -0.15) is 0 Å². The van der Waals surface area contributed by atoms with Crippen LogP contribution < -0.4 is 0 Å². The van der Waals surface area contributed by atoms with Crippen molar-refractivity contribution in [3.05, 3.63) is 101 Å². The number of nitrogens with zero attached hydrogens (tertiary/aromatic N) is 1. The van der Waals surface area contributed by atoms with E-state index in [9.17, 15) is 0 Å². The van der Waals surface area contributed by atoms with Crippen LogP contribution in [0.25, 0.3) is 22.5 Å². The minimum Gasteiger partial charge on any atom is -0.377 e. The number of aromatic nitrogens is 1. The van der Waals surface area contributed by atoms with Crippen LogP contribution in [-0.4, -0.2) is 12.3 Å². The van der Waals surface area contributed by atoms with Gasteiger partial charge < -0.3 is 9.26 Å². The smallest absolute Gasteiger partial charge is 0.172 e. The first-order valence-electron chi connectivity index (χ1n) is 12.0. The molecule has 0 N–H and O–H groups in total. The summed E-state index contributed by atoms with van der Waals surface area (Å²) in [6, 6.07) is 28.2. The normalized spacial score (nSPS) is 14.4. The number of hydrogen-bond donors (Lipinski definition) is 0. The Morgan fingerprint density at radius 3 is 2.15 bits per heavy atom. The lowest BCUT2D eigenvalue weighted by Gasteiger charge is -2.16. The third-order valence-corrected chi connectivity index (χ3v) is 6.73. The van der Waals surface area contributed by atoms with Gasteiger partial charge in [0.2, 0.25) is 0 Å². The van der Waals surface area contributed by atoms with E-state index < -0.39 is 0 Å². The topological polar surface area (TPSA) is 35.3 Å². The lowest BCUT2D eigenvalue weighted by atomic mass is 9.96. The number of ether oxygens (including phenoxy) is 1. The standard InChI is InChI=1S/C30H31NO2/c1-21-29(28(32-2)10-6-9-22-7-4-3-5-8-22)30(33-31-21)27-19-17-26(18-20-27)25-15-13-24(14-16-25)23-11-12-23/h3-5,7-8,13-20,23,28H,6,9-12H2,1-2H3. The van der Waals surface area contributed by atoms with Gasteiger partial charge in [-0.15, -0.1) is 0 Å². The van der Waals surface area contributed by atoms with Gasteiger partial charge in [0.1, 0.15) is 0 Å². The molecule has 1 unspecified atom stereocenters. The van der Waals surface area contributed by atoms with Crippen LogP contribution in [0.4, 0.5) is 0 Å². The summed E-state index contributed by atoms with van der Waals surface area (Å²) in [5, 5.41) is 4.29. The summed E-state index contributed by atoms with van der Waals surface area (Å²) in [6.45, 7) is 2.00. The van der Waals surface area contributed by atoms with E-state index in [1.54, 1.807) is 7.11 Å². The average molecular weight is 438 g/mol. The van der Waals surface area contributed by atoms with Gasteiger partial charge in [0.15, 0.2) is 5.76 Å². The first kappa shape index (κ1) is 21.7. The predicted molar refractivity (Wildman–Crippen MR) is 133 cm³/mol. The Kier molecular flexibility index (Phi) is 6.41. The number of rotatable bonds is 9. The number of benzene rings is 3. The zero-order valence-corrected chi connectivity index (χ0v) is 19.5. The molecule has 3 aromatic carbocycles. The maximum Gasteiger partial charge on any atom is 0.172 e. The molecule has 168 valence electrons. The van der Waals surface area contributed by atoms with Gasteiger partial charge in [0, 0.05) is 12.7 Å². The highest BCUT2D eigenvalue weighted by Gasteiger charge is 2.24. The Morgan fingerprint density at radius 1 is 0.879 bits per heavy atom. The second kappa shape index (κ2) is 9.76. The van der Waals surface area contributed by atoms with Gasteiger partial charge >= 0.3 is 0 Å². The summed E-state index contributed by atoms with van der Waals surface area (Å²) < 4.78 is 11.7. The molecule has 1 aliphatic rings. The monoisotopic (exact) mass is 437 g/mol. The number of hydrogen-bond acceptors (Lipinski definition) is 3. The van der Waals surface area contributed by atoms with Gasteiger partial charge in [-0.1, -0.05) is 84.0 Å². The lowest BCUT2D eigenvalue weighted by molar-refractivity contribution is 0.0935. The van der Waals surface area contributed by atoms with Crippen molar-refractivity contribution in [1.82, 2.24) is 5.16 Å². The summed E-state index contributed by atoms with van der Waals surface area (Å²) in [5.74, 6) is 1.60. The Labute approximate surface area is 196 Å². The van der Waals surface area contributed by atoms with Crippen molar-refractivity contribution in [2.75, 3.05) is 7.11 Å². The Bertz CT molecular complexity index is 1170. The van der Waals surface area contributed by atoms with E-state index in [4.69, 9.17) is 9.26 Å². The molecular formula is C30H31NO2. The van der Waals surface area contributed by atoms with Crippen molar-refractivity contribution in [1.29, 1.82) is 0 Å². The maximum absolute atomic E-state index is 5.90. The first-order chi connectivity index (χ1) is 16.2. The van der Waals surface area contributed by atoms with Crippen molar-refractivity contribution >= 4 is 0 Å². The molecule has 1 atom stereocenters. The summed E-state index contributed by atoms with van der Waals surface area (Å²) in [7, 11) is 1.78. The molecule has 0 bridgehead atoms. The zero-order chi connectivity index (χ0) is 22.6. The van der Waals surface area contributed by atoms with Gasteiger partial charge in [0.05, 0.1) is 17.4 Å². The fraction of sp³-hybridized carbons (Fsp3) is 0.300. The highest BCUT2D eigenvalue weighted by Crippen LogP contribution is 2.41. The van der Waals surface area contributed by atoms with Gasteiger partial charge in [-0.25, -0.2) is 0 Å². The molecule has 4 aromatic rings. The lowest BCUT2D eigenvalue weighted by Crippen LogP contribution is -2.04. The molecule has 0 saturated heterocycles. The van der Waals surface area contributed by atoms with E-state index in [1.165, 1.54) is 35.1 Å². The first-order valence-corrected chi connectivity index (χ1v) is 12.0. The quantitative estimate of drug-likeness (QED) is 0.267. The molecule has 1 saturated carbocycles. The van der Waals surface area contributed by atoms with Crippen LogP contribution in [-0.2, 0) is 11.2 Å². The van der Waals surface area contributed by atoms with Crippen LogP contribution in [0.2, 0.25) is 0 Å². The van der Waals surface area contributed by atoms with Crippen LogP contribution >= 0.6 is 0 Å². The predicted octanol–water partition coefficient (Wildman–Crippen LogP) is 7.90. The van der Waals surface area contributed by atoms with Crippen LogP contribution in [0.15, 0.2) is 83.4 Å². The van der Waals surface area contributed by atoms with E-state index in [-0.39, 0.29) is 6.10 Å². The summed E-state index contributed by atoms with van der Waals surface area (Å²) >= 11 is 0. The van der Waals surface area contributed by atoms with E-state index in [1.807, 2.05) is 6.92 Å². The molecule has 5 rings (SSSR count). The Morgan fingerprint density at radius 2 is 1.52 bits per heavy atom. The third kappa shape index (κ3) is 4.94. The number of aryl methyl sites for hydroxylation is 2. The highest BCUT2D eigenvalue weighted by molar-refractivity contribution is 5.70. The Hall–Kier alpha value is -3.17. The Balaban J connectivity index is 1.32. The van der Waals surface area contributed by atoms with E-state index >= 15 is 0 Å². The summed E-state index contributed by atoms with van der Waals surface area (Å²) in [5.41, 5.74) is 8.28. The van der Waals surface area contributed by atoms with Crippen molar-refractivity contribution in [2.24, 2.45) is 0 Å². The molecule has 1 aliphatic carbocycles. The van der Waals surface area contributed by atoms with Crippen LogP contribution in [0.5, 0.6) is 0 Å². The fourth-order valence-electron chi connectivity index (χ4n) is 4.66. The van der Waals surface area contributed by atoms with E-state index in [2.05, 4.69) is 84.0 Å². The van der Waals surface area contributed by atoms with Crippen molar-refractivity contribution < 1.29 is 9.26 Å². The van der Waals surface area contributed by atoms with Crippen LogP contribution in [0, 0.1) is 6.92 Å². The molecule has 0 aliphatic heterocycles. The fourth-order valence-corrected chi connectivity index (χ4v) is 4.66. The maximum atomic E-state index is 5.90. The van der Waals surface area contributed by atoms with E-state index in [0.29, 0.717) is 0 Å². The average Bonchev–Trinajstić information content (AvgIpc) is 3.65. The molecule has 0 amide bonds. The highest BCUT2D eigenvalue weighted by atomic mass is 16.5. The zero-order valence-electron chi connectivity index (χ0n) is 19.5. The minimum absolute atomic E-state index is 0.0374. The molecule has 1 fully saturated rings. The summed E-state index contributed by atoms with van der Waals surface area (Å²) in [6.07, 6.45) is 5.64. The van der Waals surface area contributed by atoms with E-state index in [0.717, 1.165) is 47.8 Å². The van der Waals surface area contributed by atoms with Gasteiger partial charge in [-0.05, 0) is 67.2 Å². The molecule has 0 radical (unpaired) electrons. The van der Waals surface area contributed by atoms with Gasteiger partial charge in [0.25, 0.3) is 0 Å². The van der Waals surface area contributed by atoms with Crippen molar-refractivity contribution in [3.8, 4) is 22.5 Å². The largest absolute Gasteiger partial charge is 0.377 e. The number of methoxy groups -OCH3 is 1. The third-order valence-electron chi connectivity index (χ3n) is 6.73. The molecule has 3 nitrogen and oxygen atoms in total. The molecule has 33 heavy (non-hydrogen) atoms. The minimum atomic E-state index is -0.0374. The van der Waals surface area contributed by atoms with Gasteiger partial charge in [-0.3, -0.25) is 0 Å². The SMILES string of the molecule is COC(CCCc1ccccc1)c1c(C)noc1-c1ccc(-c2ccc(C3CC3)cc2)cc1. The molecule has 0 spiro atoms. The van der Waals surface area contributed by atoms with Crippen molar-refractivity contribution in [3.63, 3.8) is 0 Å².